The van der Waals surface area contributed by atoms with Gasteiger partial charge >= 0.3 is 0 Å². The number of likely N-dealkylation sites (tertiary alicyclic amines) is 1. The van der Waals surface area contributed by atoms with Crippen molar-refractivity contribution in [2.24, 2.45) is 0 Å². The molecule has 0 radical (unpaired) electrons. The highest BCUT2D eigenvalue weighted by Gasteiger charge is 2.43. The molecular weight excluding hydrogens is 610 g/mol. The number of pyridine rings is 1. The minimum atomic E-state index is -0.738. The molecule has 2 aliphatic heterocycles. The number of hydrogen-bond donors (Lipinski definition) is 0. The van der Waals surface area contributed by atoms with Gasteiger partial charge in [0.2, 0.25) is 5.91 Å². The summed E-state index contributed by atoms with van der Waals surface area (Å²) in [7, 11) is 4.08. The monoisotopic (exact) mass is 646 g/mol. The summed E-state index contributed by atoms with van der Waals surface area (Å²) >= 11 is 6.71. The van der Waals surface area contributed by atoms with Crippen LogP contribution in [0.1, 0.15) is 43.4 Å². The number of anilines is 1. The van der Waals surface area contributed by atoms with Crippen LogP contribution in [0.15, 0.2) is 36.4 Å². The van der Waals surface area contributed by atoms with E-state index < -0.39 is 18.5 Å². The van der Waals surface area contributed by atoms with Gasteiger partial charge in [-0.25, -0.2) is 18.4 Å². The summed E-state index contributed by atoms with van der Waals surface area (Å²) in [5.74, 6) is -0.218. The largest absolute Gasteiger partial charge is 0.351 e. The van der Waals surface area contributed by atoms with Crippen LogP contribution < -0.4 is 4.90 Å². The number of aromatic nitrogens is 4. The molecule has 12 heteroatoms. The number of nitriles is 1. The fourth-order valence-electron chi connectivity index (χ4n) is 6.85. The first-order chi connectivity index (χ1) is 22.0. The van der Waals surface area contributed by atoms with E-state index in [-0.39, 0.29) is 29.4 Å². The van der Waals surface area contributed by atoms with E-state index in [1.807, 2.05) is 56.9 Å². The van der Waals surface area contributed by atoms with Crippen molar-refractivity contribution in [3.8, 4) is 17.2 Å². The molecule has 9 nitrogen and oxygen atoms in total. The molecule has 0 bridgehead atoms. The van der Waals surface area contributed by atoms with Crippen molar-refractivity contribution in [1.29, 1.82) is 5.26 Å². The molecule has 0 N–H and O–H groups in total. The Balaban J connectivity index is 1.52. The van der Waals surface area contributed by atoms with E-state index in [1.165, 1.54) is 12.2 Å². The zero-order valence-electron chi connectivity index (χ0n) is 26.7. The number of rotatable bonds is 7. The number of allylic oxidation sites excluding steroid dienone is 1. The summed E-state index contributed by atoms with van der Waals surface area (Å²) in [5, 5.41) is 19.9. The first-order valence-electron chi connectivity index (χ1n) is 15.4. The van der Waals surface area contributed by atoms with Crippen LogP contribution in [0, 0.1) is 31.0 Å². The second-order valence-corrected chi connectivity index (χ2v) is 13.3. The number of amides is 1. The Labute approximate surface area is 272 Å². The first-order valence-corrected chi connectivity index (χ1v) is 15.8. The number of carbonyl (C=O) groups is 1. The fourth-order valence-corrected chi connectivity index (χ4v) is 7.07. The molecule has 46 heavy (non-hydrogen) atoms. The maximum atomic E-state index is 16.9. The number of nitrogens with zero attached hydrogens (tertiary/aromatic N) is 8. The molecule has 2 fully saturated rings. The summed E-state index contributed by atoms with van der Waals surface area (Å²) in [5.41, 5.74) is 3.94. The highest BCUT2D eigenvalue weighted by Crippen LogP contribution is 2.43. The van der Waals surface area contributed by atoms with Crippen molar-refractivity contribution in [2.75, 3.05) is 45.3 Å². The van der Waals surface area contributed by atoms with Gasteiger partial charge in [-0.05, 0) is 71.0 Å². The highest BCUT2D eigenvalue weighted by molar-refractivity contribution is 6.34. The maximum absolute atomic E-state index is 16.9. The lowest BCUT2D eigenvalue weighted by molar-refractivity contribution is -0.130. The van der Waals surface area contributed by atoms with Crippen molar-refractivity contribution in [1.82, 2.24) is 29.8 Å². The van der Waals surface area contributed by atoms with Gasteiger partial charge in [0.15, 0.2) is 17.2 Å². The van der Waals surface area contributed by atoms with Crippen molar-refractivity contribution in [2.45, 2.75) is 57.7 Å². The SMILES string of the molecule is Cc1cccc(-c2c(C)cc3c(nc(N4CC(C)(N(C)C)C4)c4nnn([C@H]5CCN(C(=O)/C=C/CF)[C@H](CC#N)C5)c43)c2F)c1Cl. The number of alkyl halides is 1. The standard InChI is InChI=1S/C34H37ClF2N8O/c1-20-8-6-9-24(28(20)35)27-21(2)16-25-30(29(27)37)39-33(43-18-34(3,19-43)42(4)5)31-32(25)45(41-40-31)23-12-15-44(22(17-23)11-14-38)26(46)10-7-13-36/h6-10,16,22-23H,11-13,15,17-19H2,1-5H3/b10-7+/t22-,23+/m1/s1. The first kappa shape index (κ1) is 31.8. The van der Waals surface area contributed by atoms with Crippen molar-refractivity contribution in [3.63, 3.8) is 0 Å². The Morgan fingerprint density at radius 2 is 2.00 bits per heavy atom. The zero-order valence-corrected chi connectivity index (χ0v) is 27.4. The number of piperidine rings is 1. The van der Waals surface area contributed by atoms with Crippen LogP contribution in [0.3, 0.4) is 0 Å². The fraction of sp³-hybridized carbons (Fsp3) is 0.441. The summed E-state index contributed by atoms with van der Waals surface area (Å²) in [6.07, 6.45) is 3.50. The van der Waals surface area contributed by atoms with E-state index in [2.05, 4.69) is 33.1 Å². The lowest BCUT2D eigenvalue weighted by Crippen LogP contribution is -2.67. The van der Waals surface area contributed by atoms with Crippen LogP contribution in [-0.2, 0) is 4.79 Å². The number of carbonyl (C=O) groups excluding carboxylic acids is 1. The van der Waals surface area contributed by atoms with E-state index in [0.29, 0.717) is 76.4 Å². The van der Waals surface area contributed by atoms with Crippen molar-refractivity contribution < 1.29 is 13.6 Å². The van der Waals surface area contributed by atoms with Crippen molar-refractivity contribution in [3.05, 3.63) is 58.4 Å². The van der Waals surface area contributed by atoms with E-state index >= 15 is 4.39 Å². The molecule has 2 atom stereocenters. The summed E-state index contributed by atoms with van der Waals surface area (Å²) in [4.78, 5) is 23.7. The number of halogens is 3. The molecule has 2 aromatic carbocycles. The Bertz CT molecular complexity index is 1910. The van der Waals surface area contributed by atoms with E-state index in [4.69, 9.17) is 16.6 Å². The van der Waals surface area contributed by atoms with Crippen LogP contribution >= 0.6 is 11.6 Å². The third kappa shape index (κ3) is 5.27. The molecular formula is C34H37ClF2N8O. The third-order valence-electron chi connectivity index (χ3n) is 9.71. The van der Waals surface area contributed by atoms with Crippen LogP contribution in [0.4, 0.5) is 14.6 Å². The molecule has 6 rings (SSSR count). The van der Waals surface area contributed by atoms with Crippen LogP contribution in [0.2, 0.25) is 5.02 Å². The zero-order chi connectivity index (χ0) is 32.9. The van der Waals surface area contributed by atoms with E-state index in [9.17, 15) is 14.4 Å². The highest BCUT2D eigenvalue weighted by atomic mass is 35.5. The van der Waals surface area contributed by atoms with Gasteiger partial charge in [-0.3, -0.25) is 4.79 Å². The minimum Gasteiger partial charge on any atom is -0.351 e. The molecule has 0 saturated carbocycles. The average molecular weight is 647 g/mol. The Morgan fingerprint density at radius 3 is 2.70 bits per heavy atom. The topological polar surface area (TPSA) is 94.2 Å². The van der Waals surface area contributed by atoms with Crippen molar-refractivity contribution >= 4 is 45.3 Å². The lowest BCUT2D eigenvalue weighted by atomic mass is 9.90. The molecule has 0 unspecified atom stereocenters. The number of likely N-dealkylation sites (N-methyl/N-ethyl adjacent to an activating group) is 1. The van der Waals surface area contributed by atoms with Gasteiger partial charge < -0.3 is 14.7 Å². The average Bonchev–Trinajstić information content (AvgIpc) is 3.46. The minimum absolute atomic E-state index is 0.0779. The number of benzene rings is 2. The molecule has 1 amide bonds. The molecule has 4 aromatic rings. The Morgan fingerprint density at radius 1 is 1.24 bits per heavy atom. The van der Waals surface area contributed by atoms with Crippen LogP contribution in [0.25, 0.3) is 33.1 Å². The summed E-state index contributed by atoms with van der Waals surface area (Å²) in [6.45, 7) is 6.92. The van der Waals surface area contributed by atoms with Gasteiger partial charge in [0.05, 0.1) is 29.1 Å². The van der Waals surface area contributed by atoms with Crippen LogP contribution in [0.5, 0.6) is 0 Å². The third-order valence-corrected chi connectivity index (χ3v) is 10.2. The molecule has 0 spiro atoms. The quantitative estimate of drug-likeness (QED) is 0.222. The number of hydrogen-bond acceptors (Lipinski definition) is 7. The normalized spacial score (nSPS) is 19.7. The van der Waals surface area contributed by atoms with E-state index in [0.717, 1.165) is 5.56 Å². The summed E-state index contributed by atoms with van der Waals surface area (Å²) in [6, 6.07) is 9.10. The number of aryl methyl sites for hydroxylation is 2. The van der Waals surface area contributed by atoms with Gasteiger partial charge in [-0.1, -0.05) is 35.0 Å². The van der Waals surface area contributed by atoms with Gasteiger partial charge in [-0.15, -0.1) is 5.10 Å². The summed E-state index contributed by atoms with van der Waals surface area (Å²) < 4.78 is 31.4. The molecule has 2 aromatic heterocycles. The van der Waals surface area contributed by atoms with Gasteiger partial charge in [0, 0.05) is 48.3 Å². The molecule has 2 saturated heterocycles. The smallest absolute Gasteiger partial charge is 0.246 e. The lowest BCUT2D eigenvalue weighted by Gasteiger charge is -2.52. The maximum Gasteiger partial charge on any atom is 0.246 e. The van der Waals surface area contributed by atoms with E-state index in [1.54, 1.807) is 4.90 Å². The predicted octanol–water partition coefficient (Wildman–Crippen LogP) is 6.17. The second-order valence-electron chi connectivity index (χ2n) is 12.9. The van der Waals surface area contributed by atoms with Crippen LogP contribution in [-0.4, -0.2) is 87.7 Å². The molecule has 4 heterocycles. The predicted molar refractivity (Wildman–Crippen MR) is 176 cm³/mol. The van der Waals surface area contributed by atoms with Gasteiger partial charge in [0.25, 0.3) is 0 Å². The molecule has 240 valence electrons. The second kappa shape index (κ2) is 12.2. The molecule has 0 aliphatic carbocycles. The molecule has 2 aliphatic rings. The Kier molecular flexibility index (Phi) is 8.46. The van der Waals surface area contributed by atoms with Gasteiger partial charge in [0.1, 0.15) is 17.7 Å². The van der Waals surface area contributed by atoms with Gasteiger partial charge in [-0.2, -0.15) is 5.26 Å². The number of fused-ring (bicyclic) bond motifs is 3. The Hall–Kier alpha value is -4.14.